The lowest BCUT2D eigenvalue weighted by atomic mass is 9.68. The van der Waals surface area contributed by atoms with Crippen molar-refractivity contribution < 1.29 is 4.74 Å². The van der Waals surface area contributed by atoms with Crippen LogP contribution in [0.15, 0.2) is 24.3 Å². The second kappa shape index (κ2) is 6.94. The first kappa shape index (κ1) is 13.6. The number of rotatable bonds is 7. The van der Waals surface area contributed by atoms with Gasteiger partial charge in [0.05, 0.1) is 0 Å². The Kier molecular flexibility index (Phi) is 5.25. The molecule has 0 aliphatic heterocycles. The molecule has 1 heteroatoms. The summed E-state index contributed by atoms with van der Waals surface area (Å²) in [7, 11) is 1.79. The molecule has 1 saturated carbocycles. The standard InChI is InChI=1S/C17H26O/c1-14-7-9-16(10-8-14)17-12-11-15(17)6-4-3-5-13-18-2/h7-10,15,17H,3-6,11-13H2,1-2H3/t15-,17-/m1/s1. The quantitative estimate of drug-likeness (QED) is 0.634. The van der Waals surface area contributed by atoms with E-state index < -0.39 is 0 Å². The van der Waals surface area contributed by atoms with Gasteiger partial charge in [-0.15, -0.1) is 0 Å². The van der Waals surface area contributed by atoms with Crippen LogP contribution >= 0.6 is 0 Å². The van der Waals surface area contributed by atoms with Crippen LogP contribution in [0, 0.1) is 12.8 Å². The molecule has 0 radical (unpaired) electrons. The molecule has 0 N–H and O–H groups in total. The van der Waals surface area contributed by atoms with Crippen LogP contribution in [0.4, 0.5) is 0 Å². The summed E-state index contributed by atoms with van der Waals surface area (Å²) in [6.45, 7) is 3.09. The maximum Gasteiger partial charge on any atom is 0.0462 e. The second-order valence-corrected chi connectivity index (χ2v) is 5.70. The summed E-state index contributed by atoms with van der Waals surface area (Å²) in [5, 5.41) is 0. The summed E-state index contributed by atoms with van der Waals surface area (Å²) in [6, 6.07) is 9.17. The fraction of sp³-hybridized carbons (Fsp3) is 0.647. The molecule has 18 heavy (non-hydrogen) atoms. The third kappa shape index (κ3) is 3.58. The van der Waals surface area contributed by atoms with Gasteiger partial charge in [0.2, 0.25) is 0 Å². The van der Waals surface area contributed by atoms with Crippen molar-refractivity contribution in [3.05, 3.63) is 35.4 Å². The lowest BCUT2D eigenvalue weighted by molar-refractivity contribution is 0.187. The Labute approximate surface area is 112 Å². The van der Waals surface area contributed by atoms with Crippen molar-refractivity contribution in [3.63, 3.8) is 0 Å². The van der Waals surface area contributed by atoms with E-state index in [1.54, 1.807) is 12.7 Å². The van der Waals surface area contributed by atoms with E-state index in [1.807, 2.05) is 0 Å². The predicted molar refractivity (Wildman–Crippen MR) is 77.0 cm³/mol. The van der Waals surface area contributed by atoms with E-state index >= 15 is 0 Å². The Morgan fingerprint density at radius 3 is 2.44 bits per heavy atom. The maximum absolute atomic E-state index is 5.09. The summed E-state index contributed by atoms with van der Waals surface area (Å²) in [5.74, 6) is 1.78. The number of hydrogen-bond donors (Lipinski definition) is 0. The first-order valence-corrected chi connectivity index (χ1v) is 7.37. The molecular formula is C17H26O. The van der Waals surface area contributed by atoms with Gasteiger partial charge in [0.25, 0.3) is 0 Å². The molecule has 0 bridgehead atoms. The Hall–Kier alpha value is -0.820. The second-order valence-electron chi connectivity index (χ2n) is 5.70. The van der Waals surface area contributed by atoms with E-state index in [2.05, 4.69) is 31.2 Å². The van der Waals surface area contributed by atoms with Crippen molar-refractivity contribution >= 4 is 0 Å². The summed E-state index contributed by atoms with van der Waals surface area (Å²) in [6.07, 6.45) is 8.15. The van der Waals surface area contributed by atoms with Crippen molar-refractivity contribution in [2.75, 3.05) is 13.7 Å². The Bertz CT molecular complexity index is 341. The highest BCUT2D eigenvalue weighted by Gasteiger charge is 2.31. The van der Waals surface area contributed by atoms with Crippen LogP contribution < -0.4 is 0 Å². The van der Waals surface area contributed by atoms with Crippen LogP contribution in [0.5, 0.6) is 0 Å². The topological polar surface area (TPSA) is 9.23 Å². The van der Waals surface area contributed by atoms with E-state index in [0.717, 1.165) is 18.4 Å². The SMILES string of the molecule is COCCCCC[C@@H]1CC[C@H]1c1ccc(C)cc1. The molecule has 1 fully saturated rings. The van der Waals surface area contributed by atoms with Crippen molar-refractivity contribution in [1.82, 2.24) is 0 Å². The number of methoxy groups -OCH3 is 1. The lowest BCUT2D eigenvalue weighted by Crippen LogP contribution is -2.23. The van der Waals surface area contributed by atoms with Crippen LogP contribution in [0.3, 0.4) is 0 Å². The van der Waals surface area contributed by atoms with Gasteiger partial charge in [0.15, 0.2) is 0 Å². The molecule has 100 valence electrons. The average Bonchev–Trinajstić information content (AvgIpc) is 2.35. The molecule has 2 atom stereocenters. The Balaban J connectivity index is 1.73. The molecule has 1 aliphatic carbocycles. The molecule has 0 amide bonds. The van der Waals surface area contributed by atoms with Gasteiger partial charge in [-0.2, -0.15) is 0 Å². The van der Waals surface area contributed by atoms with E-state index in [1.165, 1.54) is 44.1 Å². The highest BCUT2D eigenvalue weighted by atomic mass is 16.5. The van der Waals surface area contributed by atoms with Crippen LogP contribution in [0.1, 0.15) is 55.6 Å². The van der Waals surface area contributed by atoms with Crippen molar-refractivity contribution in [1.29, 1.82) is 0 Å². The molecule has 0 heterocycles. The van der Waals surface area contributed by atoms with E-state index in [0.29, 0.717) is 0 Å². The third-order valence-electron chi connectivity index (χ3n) is 4.35. The zero-order chi connectivity index (χ0) is 12.8. The van der Waals surface area contributed by atoms with Crippen molar-refractivity contribution in [2.24, 2.45) is 5.92 Å². The lowest BCUT2D eigenvalue weighted by Gasteiger charge is -2.37. The van der Waals surface area contributed by atoms with Gasteiger partial charge in [-0.1, -0.05) is 42.7 Å². The van der Waals surface area contributed by atoms with E-state index in [4.69, 9.17) is 4.74 Å². The predicted octanol–water partition coefficient (Wildman–Crippen LogP) is 4.70. The van der Waals surface area contributed by atoms with Crippen LogP contribution in [0.25, 0.3) is 0 Å². The fourth-order valence-electron chi connectivity index (χ4n) is 3.00. The molecular weight excluding hydrogens is 220 g/mol. The molecule has 1 aromatic rings. The van der Waals surface area contributed by atoms with Crippen molar-refractivity contribution in [3.8, 4) is 0 Å². The maximum atomic E-state index is 5.09. The summed E-state index contributed by atoms with van der Waals surface area (Å²) >= 11 is 0. The largest absolute Gasteiger partial charge is 0.385 e. The smallest absolute Gasteiger partial charge is 0.0462 e. The van der Waals surface area contributed by atoms with E-state index in [9.17, 15) is 0 Å². The van der Waals surface area contributed by atoms with Crippen LogP contribution in [-0.4, -0.2) is 13.7 Å². The highest BCUT2D eigenvalue weighted by molar-refractivity contribution is 5.26. The molecule has 0 aromatic heterocycles. The Morgan fingerprint density at radius 1 is 1.06 bits per heavy atom. The molecule has 0 saturated heterocycles. The van der Waals surface area contributed by atoms with Gasteiger partial charge < -0.3 is 4.74 Å². The normalized spacial score (nSPS) is 22.8. The fourth-order valence-corrected chi connectivity index (χ4v) is 3.00. The summed E-state index contributed by atoms with van der Waals surface area (Å²) in [4.78, 5) is 0. The summed E-state index contributed by atoms with van der Waals surface area (Å²) < 4.78 is 5.09. The van der Waals surface area contributed by atoms with Gasteiger partial charge in [-0.3, -0.25) is 0 Å². The third-order valence-corrected chi connectivity index (χ3v) is 4.35. The summed E-state index contributed by atoms with van der Waals surface area (Å²) in [5.41, 5.74) is 2.93. The zero-order valence-corrected chi connectivity index (χ0v) is 11.8. The monoisotopic (exact) mass is 246 g/mol. The molecule has 0 spiro atoms. The molecule has 0 unspecified atom stereocenters. The average molecular weight is 246 g/mol. The molecule has 1 nitrogen and oxygen atoms in total. The Morgan fingerprint density at radius 2 is 1.83 bits per heavy atom. The van der Waals surface area contributed by atoms with Gasteiger partial charge in [0.1, 0.15) is 0 Å². The zero-order valence-electron chi connectivity index (χ0n) is 11.8. The minimum atomic E-state index is 0.841. The van der Waals surface area contributed by atoms with Gasteiger partial charge >= 0.3 is 0 Å². The number of ether oxygens (including phenoxy) is 1. The molecule has 1 aliphatic rings. The molecule has 1 aromatic carbocycles. The molecule has 2 rings (SSSR count). The highest BCUT2D eigenvalue weighted by Crippen LogP contribution is 2.45. The van der Waals surface area contributed by atoms with Gasteiger partial charge in [-0.25, -0.2) is 0 Å². The number of unbranched alkanes of at least 4 members (excludes halogenated alkanes) is 2. The first-order valence-electron chi connectivity index (χ1n) is 7.37. The minimum Gasteiger partial charge on any atom is -0.385 e. The van der Waals surface area contributed by atoms with Gasteiger partial charge in [-0.05, 0) is 50.0 Å². The number of hydrogen-bond acceptors (Lipinski definition) is 1. The number of aryl methyl sites for hydroxylation is 1. The first-order chi connectivity index (χ1) is 8.81. The minimum absolute atomic E-state index is 0.841. The van der Waals surface area contributed by atoms with Crippen molar-refractivity contribution in [2.45, 2.75) is 51.4 Å². The van der Waals surface area contributed by atoms with Crippen LogP contribution in [-0.2, 0) is 4.74 Å². The van der Waals surface area contributed by atoms with Gasteiger partial charge in [0, 0.05) is 13.7 Å². The van der Waals surface area contributed by atoms with Crippen LogP contribution in [0.2, 0.25) is 0 Å². The number of benzene rings is 1. The van der Waals surface area contributed by atoms with E-state index in [-0.39, 0.29) is 0 Å².